The highest BCUT2D eigenvalue weighted by atomic mass is 14.9. The summed E-state index contributed by atoms with van der Waals surface area (Å²) in [5.41, 5.74) is 18.7. The maximum absolute atomic E-state index is 5.37. The fourth-order valence-electron chi connectivity index (χ4n) is 9.48. The topological polar surface area (TPSA) is 51.6 Å². The Kier molecular flexibility index (Phi) is 6.41. The van der Waals surface area contributed by atoms with E-state index in [1.807, 2.05) is 0 Å². The molecule has 2 aliphatic carbocycles. The van der Waals surface area contributed by atoms with Crippen molar-refractivity contribution in [3.63, 3.8) is 0 Å². The quantitative estimate of drug-likeness (QED) is 0.181. The molecule has 2 aliphatic rings. The predicted molar refractivity (Wildman–Crippen MR) is 238 cm³/mol. The first-order valence-electron chi connectivity index (χ1n) is 19.7. The summed E-state index contributed by atoms with van der Waals surface area (Å²) in [6.07, 6.45) is 0. The molecule has 13 rings (SSSR count). The van der Waals surface area contributed by atoms with E-state index in [9.17, 15) is 0 Å². The van der Waals surface area contributed by atoms with Gasteiger partial charge in [-0.1, -0.05) is 152 Å². The zero-order chi connectivity index (χ0) is 37.9. The first-order chi connectivity index (χ1) is 28.7. The average molecular weight is 735 g/mol. The molecule has 0 N–H and O–H groups in total. The molecule has 58 heavy (non-hydrogen) atoms. The van der Waals surface area contributed by atoms with E-state index < -0.39 is 0 Å². The molecule has 0 spiro atoms. The Labute approximate surface area is 333 Å². The number of hydrogen-bond acceptors (Lipinski definition) is 4. The third-order valence-corrected chi connectivity index (χ3v) is 12.1. The average Bonchev–Trinajstić information content (AvgIpc) is 3.77. The van der Waals surface area contributed by atoms with Crippen LogP contribution in [0.2, 0.25) is 0 Å². The Morgan fingerprint density at radius 1 is 0.224 bits per heavy atom. The monoisotopic (exact) mass is 734 g/mol. The summed E-state index contributed by atoms with van der Waals surface area (Å²) in [4.78, 5) is 21.3. The zero-order valence-electron chi connectivity index (χ0n) is 31.1. The van der Waals surface area contributed by atoms with Crippen LogP contribution in [-0.4, -0.2) is 19.9 Å². The van der Waals surface area contributed by atoms with E-state index >= 15 is 0 Å². The van der Waals surface area contributed by atoms with Crippen LogP contribution in [0.5, 0.6) is 0 Å². The van der Waals surface area contributed by atoms with E-state index in [1.54, 1.807) is 0 Å². The first-order valence-corrected chi connectivity index (χ1v) is 19.7. The highest BCUT2D eigenvalue weighted by Gasteiger charge is 2.26. The van der Waals surface area contributed by atoms with Crippen molar-refractivity contribution in [1.29, 1.82) is 0 Å². The van der Waals surface area contributed by atoms with Gasteiger partial charge in [0.05, 0.1) is 22.8 Å². The molecule has 0 saturated carbocycles. The molecule has 4 heterocycles. The Balaban J connectivity index is 1.02. The van der Waals surface area contributed by atoms with Gasteiger partial charge >= 0.3 is 0 Å². The van der Waals surface area contributed by atoms with E-state index in [0.29, 0.717) is 0 Å². The van der Waals surface area contributed by atoms with Gasteiger partial charge in [-0.3, -0.25) is 0 Å². The normalized spacial score (nSPS) is 12.1. The molecule has 4 nitrogen and oxygen atoms in total. The van der Waals surface area contributed by atoms with Gasteiger partial charge < -0.3 is 0 Å². The standard InChI is InChI=1S/C54H30N4/c1-3-12-33(13-4-1)49-43(27-37-29-45-39-22-8-16-31-18-10-24-41(47(31)39)51(45)57-53(37)55-49)35-20-7-21-36(26-35)44-28-38-30-46-40-23-9-17-32-19-11-25-42(48(32)40)52(46)58-54(38)56-50(44)34-14-5-2-6-15-34/h1-30H. The van der Waals surface area contributed by atoms with Gasteiger partial charge in [0.25, 0.3) is 0 Å². The van der Waals surface area contributed by atoms with Crippen LogP contribution in [0.3, 0.4) is 0 Å². The lowest BCUT2D eigenvalue weighted by Crippen LogP contribution is -1.96. The minimum Gasteiger partial charge on any atom is -0.227 e. The van der Waals surface area contributed by atoms with Crippen molar-refractivity contribution >= 4 is 43.6 Å². The molecule has 0 fully saturated rings. The second-order valence-electron chi connectivity index (χ2n) is 15.4. The number of nitrogens with zero attached hydrogens (tertiary/aromatic N) is 4. The van der Waals surface area contributed by atoms with Crippen molar-refractivity contribution in [2.75, 3.05) is 0 Å². The Bertz CT molecular complexity index is 3310. The molecule has 266 valence electrons. The van der Waals surface area contributed by atoms with E-state index in [1.165, 1.54) is 43.8 Å². The molecule has 0 saturated heterocycles. The summed E-state index contributed by atoms with van der Waals surface area (Å²) in [6, 6.07) is 65.0. The van der Waals surface area contributed by atoms with Gasteiger partial charge in [0.2, 0.25) is 0 Å². The van der Waals surface area contributed by atoms with Gasteiger partial charge in [0.1, 0.15) is 0 Å². The lowest BCUT2D eigenvalue weighted by molar-refractivity contribution is 1.29. The molecule has 11 aromatic rings. The maximum Gasteiger partial charge on any atom is 0.160 e. The molecule has 0 aliphatic heterocycles. The summed E-state index contributed by atoms with van der Waals surface area (Å²) >= 11 is 0. The number of hydrogen-bond donors (Lipinski definition) is 0. The fraction of sp³-hybridized carbons (Fsp3) is 0. The number of aromatic nitrogens is 4. The molecule has 7 aromatic carbocycles. The van der Waals surface area contributed by atoms with E-state index in [-0.39, 0.29) is 0 Å². The van der Waals surface area contributed by atoms with E-state index in [0.717, 1.165) is 89.4 Å². The molecule has 0 unspecified atom stereocenters. The van der Waals surface area contributed by atoms with Crippen LogP contribution in [0.15, 0.2) is 182 Å². The third kappa shape index (κ3) is 4.51. The van der Waals surface area contributed by atoms with Crippen molar-refractivity contribution in [2.24, 2.45) is 0 Å². The fourth-order valence-corrected chi connectivity index (χ4v) is 9.48. The molecule has 0 radical (unpaired) electrons. The van der Waals surface area contributed by atoms with Crippen LogP contribution in [0, 0.1) is 0 Å². The summed E-state index contributed by atoms with van der Waals surface area (Å²) in [6.45, 7) is 0. The number of rotatable bonds is 4. The van der Waals surface area contributed by atoms with Gasteiger partial charge in [-0.25, -0.2) is 19.9 Å². The van der Waals surface area contributed by atoms with Crippen LogP contribution in [0.25, 0.3) is 133 Å². The predicted octanol–water partition coefficient (Wildman–Crippen LogP) is 13.8. The number of fused-ring (bicyclic) bond motifs is 8. The first kappa shape index (κ1) is 31.4. The SMILES string of the molecule is c1ccc(-c2nc3nc4c(cc3cc2-c2cccc(-c3cc5cc6c(nc5nc3-c3ccccc3)-c3cccc5cccc-6c35)c2)-c2cccc3cccc-4c23)cc1. The number of pyridine rings is 4. The van der Waals surface area contributed by atoms with E-state index in [4.69, 9.17) is 19.9 Å². The Hall–Kier alpha value is -7.82. The minimum atomic E-state index is 0.741. The van der Waals surface area contributed by atoms with E-state index in [2.05, 4.69) is 182 Å². The van der Waals surface area contributed by atoms with Crippen molar-refractivity contribution < 1.29 is 0 Å². The number of benzene rings is 7. The van der Waals surface area contributed by atoms with Crippen LogP contribution >= 0.6 is 0 Å². The summed E-state index contributed by atoms with van der Waals surface area (Å²) in [5, 5.41) is 7.01. The lowest BCUT2D eigenvalue weighted by atomic mass is 9.92. The third-order valence-electron chi connectivity index (χ3n) is 12.1. The second-order valence-corrected chi connectivity index (χ2v) is 15.4. The largest absolute Gasteiger partial charge is 0.227 e. The van der Waals surface area contributed by atoms with Crippen LogP contribution in [-0.2, 0) is 0 Å². The van der Waals surface area contributed by atoms with Crippen LogP contribution < -0.4 is 0 Å². The summed E-state index contributed by atoms with van der Waals surface area (Å²) in [7, 11) is 0. The van der Waals surface area contributed by atoms with Gasteiger partial charge in [-0.15, -0.1) is 0 Å². The molecular weight excluding hydrogens is 705 g/mol. The summed E-state index contributed by atoms with van der Waals surface area (Å²) < 4.78 is 0. The van der Waals surface area contributed by atoms with Gasteiger partial charge in [0, 0.05) is 55.3 Å². The maximum atomic E-state index is 5.37. The van der Waals surface area contributed by atoms with Crippen molar-refractivity contribution in [1.82, 2.24) is 19.9 Å². The minimum absolute atomic E-state index is 0.741. The smallest absolute Gasteiger partial charge is 0.160 e. The molecule has 4 aromatic heterocycles. The van der Waals surface area contributed by atoms with Gasteiger partial charge in [-0.05, 0) is 74.1 Å². The van der Waals surface area contributed by atoms with Crippen molar-refractivity contribution in [2.45, 2.75) is 0 Å². The van der Waals surface area contributed by atoms with Crippen molar-refractivity contribution in [3.8, 4) is 89.5 Å². The Morgan fingerprint density at radius 3 is 1.03 bits per heavy atom. The van der Waals surface area contributed by atoms with Gasteiger partial charge in [-0.2, -0.15) is 0 Å². The molecule has 4 heteroatoms. The zero-order valence-corrected chi connectivity index (χ0v) is 31.1. The Morgan fingerprint density at radius 2 is 0.586 bits per heavy atom. The molecule has 0 amide bonds. The molecule has 0 atom stereocenters. The second kappa shape index (κ2) is 11.8. The summed E-state index contributed by atoms with van der Waals surface area (Å²) in [5.74, 6) is 0. The highest BCUT2D eigenvalue weighted by Crippen LogP contribution is 2.49. The van der Waals surface area contributed by atoms with Crippen LogP contribution in [0.1, 0.15) is 0 Å². The van der Waals surface area contributed by atoms with Gasteiger partial charge in [0.15, 0.2) is 11.3 Å². The molecule has 0 bridgehead atoms. The molecular formula is C54H30N4. The lowest BCUT2D eigenvalue weighted by Gasteiger charge is -2.15. The van der Waals surface area contributed by atoms with Crippen LogP contribution in [0.4, 0.5) is 0 Å². The van der Waals surface area contributed by atoms with Crippen molar-refractivity contribution in [3.05, 3.63) is 182 Å². The highest BCUT2D eigenvalue weighted by molar-refractivity contribution is 6.17.